The minimum absolute atomic E-state index is 0.0189. The van der Waals surface area contributed by atoms with E-state index in [4.69, 9.17) is 0 Å². The van der Waals surface area contributed by atoms with Crippen molar-refractivity contribution in [1.82, 2.24) is 20.4 Å². The highest BCUT2D eigenvalue weighted by Gasteiger charge is 2.57. The average molecular weight is 953 g/mol. The molecule has 10 heteroatoms. The summed E-state index contributed by atoms with van der Waals surface area (Å²) < 4.78 is 0. The quantitative estimate of drug-likeness (QED) is 0.0797. The number of carbonyl (C=O) groups excluding carboxylic acids is 6. The van der Waals surface area contributed by atoms with Gasteiger partial charge in [0, 0.05) is 70.3 Å². The Morgan fingerprint density at radius 3 is 1.10 bits per heavy atom. The van der Waals surface area contributed by atoms with Gasteiger partial charge >= 0.3 is 0 Å². The van der Waals surface area contributed by atoms with Gasteiger partial charge in [0.2, 0.25) is 0 Å². The lowest BCUT2D eigenvalue weighted by molar-refractivity contribution is 0.0568. The van der Waals surface area contributed by atoms with E-state index in [0.29, 0.717) is 130 Å². The van der Waals surface area contributed by atoms with Crippen LogP contribution < -0.4 is 10.6 Å². The molecule has 2 heterocycles. The largest absolute Gasteiger partial charge is 0.352 e. The molecule has 360 valence electrons. The third-order valence-corrected chi connectivity index (χ3v) is 20.2. The van der Waals surface area contributed by atoms with Gasteiger partial charge in [0.1, 0.15) is 0 Å². The third-order valence-electron chi connectivity index (χ3n) is 20.2. The smallest absolute Gasteiger partial charge is 0.261 e. The number of amides is 6. The van der Waals surface area contributed by atoms with Crippen molar-refractivity contribution in [3.05, 3.63) is 143 Å². The second-order valence-electron chi connectivity index (χ2n) is 23.4. The summed E-state index contributed by atoms with van der Waals surface area (Å²) in [6, 6.07) is 34.4. The molecule has 12 atom stereocenters. The van der Waals surface area contributed by atoms with Crippen molar-refractivity contribution in [2.24, 2.45) is 71.0 Å². The Hall–Kier alpha value is -6.94. The molecule has 7 aromatic carbocycles. The number of hydrogen-bond donors (Lipinski definition) is 2. The highest BCUT2D eigenvalue weighted by atomic mass is 16.2. The third kappa shape index (κ3) is 6.13. The number of imide groups is 2. The van der Waals surface area contributed by atoms with E-state index in [2.05, 4.69) is 10.6 Å². The van der Waals surface area contributed by atoms with E-state index in [0.717, 1.165) is 70.8 Å². The lowest BCUT2D eigenvalue weighted by Gasteiger charge is -2.32. The van der Waals surface area contributed by atoms with E-state index in [1.807, 2.05) is 109 Å². The molecule has 7 aromatic rings. The maximum absolute atomic E-state index is 14.6. The number of fused-ring (bicyclic) bond motifs is 12. The van der Waals surface area contributed by atoms with Crippen molar-refractivity contribution >= 4 is 78.5 Å². The normalized spacial score (nSPS) is 30.7. The lowest BCUT2D eigenvalue weighted by Crippen LogP contribution is -2.43. The molecule has 6 amide bonds. The molecule has 6 aliphatic carbocycles. The number of nitrogens with zero attached hydrogens (tertiary/aromatic N) is 2. The molecule has 4 bridgehead atoms. The standard InChI is InChI=1S/C62H56N4O6/c67-57(33-7-3-1-4-8-33)63-27-37-23-35-25-49(37)51-21-31(19-47(35)51)29-65-59(69)43-15-11-39-41-13-17-45-56-46(18-14-42(54(41)56)40-12-16-44(60(65)70)55(43)53(39)40)62(72)66(61(45)71)30-32-20-48-36-24-38(50(26-36)52(48)22-32)28-64-58(68)34-9-5-2-6-10-34/h1-18,31-32,35-38,47-52H,19-30H2,(H,63,67)(H,64,68). The highest BCUT2D eigenvalue weighted by Crippen LogP contribution is 2.63. The maximum atomic E-state index is 14.6. The van der Waals surface area contributed by atoms with Crippen LogP contribution in [0.15, 0.2) is 109 Å². The molecular weight excluding hydrogens is 897 g/mol. The van der Waals surface area contributed by atoms with Crippen molar-refractivity contribution in [3.63, 3.8) is 0 Å². The Labute approximate surface area is 417 Å². The minimum Gasteiger partial charge on any atom is -0.352 e. The summed E-state index contributed by atoms with van der Waals surface area (Å²) >= 11 is 0. The highest BCUT2D eigenvalue weighted by molar-refractivity contribution is 6.41. The van der Waals surface area contributed by atoms with Crippen LogP contribution in [-0.4, -0.2) is 71.4 Å². The number of hydrogen-bond acceptors (Lipinski definition) is 6. The SMILES string of the molecule is O=C(NCC1CC2CC1C1CC(CN3C(=O)c4ccc5c6ccc7c8c(ccc(c9ccc(c4c59)C3=O)c86)C(=O)N(CC3CC4C5CC(CNC(=O)c6ccccc6)C(C5)C4C3)C7=O)CC21)c1ccccc1. The van der Waals surface area contributed by atoms with Gasteiger partial charge < -0.3 is 10.6 Å². The molecule has 6 saturated carbocycles. The topological polar surface area (TPSA) is 133 Å². The fraction of sp³-hybridized carbons (Fsp3) is 0.387. The van der Waals surface area contributed by atoms with Gasteiger partial charge in [-0.1, -0.05) is 60.7 Å². The van der Waals surface area contributed by atoms with Crippen LogP contribution in [0.25, 0.3) is 43.1 Å². The minimum atomic E-state index is -0.240. The van der Waals surface area contributed by atoms with Crippen molar-refractivity contribution in [1.29, 1.82) is 0 Å². The summed E-state index contributed by atoms with van der Waals surface area (Å²) in [6.45, 7) is 2.21. The molecule has 0 saturated heterocycles. The van der Waals surface area contributed by atoms with Crippen LogP contribution in [-0.2, 0) is 0 Å². The number of rotatable bonds is 10. The zero-order chi connectivity index (χ0) is 48.3. The van der Waals surface area contributed by atoms with Gasteiger partial charge in [0.25, 0.3) is 35.4 Å². The Morgan fingerprint density at radius 2 is 0.736 bits per heavy atom. The van der Waals surface area contributed by atoms with Gasteiger partial charge in [0.05, 0.1) is 0 Å². The van der Waals surface area contributed by atoms with Crippen LogP contribution in [0.4, 0.5) is 0 Å². The Balaban J connectivity index is 0.661. The van der Waals surface area contributed by atoms with Gasteiger partial charge in [-0.2, -0.15) is 0 Å². The van der Waals surface area contributed by atoms with Crippen LogP contribution >= 0.6 is 0 Å². The van der Waals surface area contributed by atoms with Crippen molar-refractivity contribution in [2.75, 3.05) is 26.2 Å². The number of carbonyl (C=O) groups is 6. The molecule has 0 spiro atoms. The molecule has 12 unspecified atom stereocenters. The van der Waals surface area contributed by atoms with Crippen LogP contribution in [0.1, 0.15) is 114 Å². The Kier molecular flexibility index (Phi) is 9.36. The van der Waals surface area contributed by atoms with E-state index in [9.17, 15) is 28.8 Å². The van der Waals surface area contributed by atoms with Gasteiger partial charge in [-0.3, -0.25) is 38.6 Å². The van der Waals surface area contributed by atoms with E-state index in [-0.39, 0.29) is 47.3 Å². The average Bonchev–Trinajstić information content (AvgIpc) is 4.29. The van der Waals surface area contributed by atoms with Crippen molar-refractivity contribution in [3.8, 4) is 0 Å². The summed E-state index contributed by atoms with van der Waals surface area (Å²) in [4.78, 5) is 87.2. The van der Waals surface area contributed by atoms with Crippen LogP contribution in [0.3, 0.4) is 0 Å². The Morgan fingerprint density at radius 1 is 0.389 bits per heavy atom. The van der Waals surface area contributed by atoms with Gasteiger partial charge in [0.15, 0.2) is 0 Å². The zero-order valence-electron chi connectivity index (χ0n) is 40.1. The first kappa shape index (κ1) is 42.7. The van der Waals surface area contributed by atoms with E-state index < -0.39 is 0 Å². The second kappa shape index (κ2) is 15.8. The maximum Gasteiger partial charge on any atom is 0.261 e. The summed E-state index contributed by atoms with van der Waals surface area (Å²) in [5.74, 6) is 5.13. The lowest BCUT2D eigenvalue weighted by atomic mass is 9.76. The van der Waals surface area contributed by atoms with Gasteiger partial charge in [-0.05, 0) is 203 Å². The van der Waals surface area contributed by atoms with E-state index >= 15 is 0 Å². The van der Waals surface area contributed by atoms with Crippen LogP contribution in [0.2, 0.25) is 0 Å². The summed E-state index contributed by atoms with van der Waals surface area (Å²) in [5.41, 5.74) is 3.55. The molecule has 10 nitrogen and oxygen atoms in total. The van der Waals surface area contributed by atoms with Crippen molar-refractivity contribution in [2.45, 2.75) is 51.4 Å². The molecule has 6 fully saturated rings. The zero-order valence-corrected chi connectivity index (χ0v) is 40.1. The second-order valence-corrected chi connectivity index (χ2v) is 23.4. The number of nitrogens with one attached hydrogen (secondary N) is 2. The Bertz CT molecular complexity index is 3170. The summed E-state index contributed by atoms with van der Waals surface area (Å²) in [7, 11) is 0. The first-order valence-corrected chi connectivity index (χ1v) is 26.8. The summed E-state index contributed by atoms with van der Waals surface area (Å²) in [6.07, 6.45) is 8.74. The summed E-state index contributed by atoms with van der Waals surface area (Å²) in [5, 5.41) is 13.1. The molecule has 8 aliphatic rings. The molecular formula is C62H56N4O6. The van der Waals surface area contributed by atoms with Crippen LogP contribution in [0.5, 0.6) is 0 Å². The molecule has 0 radical (unpaired) electrons. The first-order chi connectivity index (χ1) is 35.2. The monoisotopic (exact) mass is 952 g/mol. The van der Waals surface area contributed by atoms with Crippen molar-refractivity contribution < 1.29 is 28.8 Å². The molecule has 2 N–H and O–H groups in total. The van der Waals surface area contributed by atoms with Crippen LogP contribution in [0, 0.1) is 71.0 Å². The van der Waals surface area contributed by atoms with Gasteiger partial charge in [-0.25, -0.2) is 0 Å². The van der Waals surface area contributed by atoms with Gasteiger partial charge in [-0.15, -0.1) is 0 Å². The molecule has 2 aliphatic heterocycles. The molecule has 0 aromatic heterocycles. The van der Waals surface area contributed by atoms with E-state index in [1.165, 1.54) is 22.6 Å². The fourth-order valence-corrected chi connectivity index (χ4v) is 17.5. The first-order valence-electron chi connectivity index (χ1n) is 26.8. The molecule has 15 rings (SSSR count). The predicted octanol–water partition coefficient (Wildman–Crippen LogP) is 10.4. The number of benzene rings is 7. The molecule has 72 heavy (non-hydrogen) atoms. The fourth-order valence-electron chi connectivity index (χ4n) is 17.5. The van der Waals surface area contributed by atoms with E-state index in [1.54, 1.807) is 0 Å². The predicted molar refractivity (Wildman–Crippen MR) is 275 cm³/mol.